The van der Waals surface area contributed by atoms with Crippen molar-refractivity contribution in [2.75, 3.05) is 18.5 Å². The number of nitrogens with zero attached hydrogens (tertiary/aromatic N) is 3. The number of hydrogen-bond donors (Lipinski definition) is 1. The maximum atomic E-state index is 6.05. The van der Waals surface area contributed by atoms with Gasteiger partial charge in [-0.15, -0.1) is 0 Å². The number of nitrogens with two attached hydrogens (primary N) is 1. The van der Waals surface area contributed by atoms with Gasteiger partial charge in [-0.05, 0) is 36.7 Å². The molecule has 0 saturated heterocycles. The molecule has 2 rings (SSSR count). The molecule has 4 nitrogen and oxygen atoms in total. The Hall–Kier alpha value is -1.52. The molecular formula is C14H19ClN4. The van der Waals surface area contributed by atoms with Crippen LogP contribution in [0.25, 0.3) is 0 Å². The average molecular weight is 279 g/mol. The lowest BCUT2D eigenvalue weighted by Gasteiger charge is -2.22. The predicted molar refractivity (Wildman–Crippen MR) is 79.5 cm³/mol. The van der Waals surface area contributed by atoms with Gasteiger partial charge in [0.1, 0.15) is 0 Å². The molecule has 0 saturated carbocycles. The number of anilines is 1. The number of rotatable bonds is 5. The van der Waals surface area contributed by atoms with Crippen LogP contribution in [0.4, 0.5) is 5.69 Å². The molecular weight excluding hydrogens is 260 g/mol. The normalized spacial score (nSPS) is 10.7. The van der Waals surface area contributed by atoms with E-state index in [2.05, 4.69) is 17.0 Å². The molecule has 0 amide bonds. The fraction of sp³-hybridized carbons (Fsp3) is 0.357. The minimum Gasteiger partial charge on any atom is -0.370 e. The van der Waals surface area contributed by atoms with Crippen LogP contribution in [0.3, 0.4) is 0 Å². The van der Waals surface area contributed by atoms with Crippen molar-refractivity contribution in [2.45, 2.75) is 13.0 Å². The Balaban J connectivity index is 2.20. The van der Waals surface area contributed by atoms with E-state index in [4.69, 9.17) is 17.3 Å². The number of aryl methyl sites for hydroxylation is 1. The standard InChI is InChI=1S/C14H19ClN4/c1-18(9-11-8-17-19(2)10-11)14-4-3-13(15)7-12(14)5-6-16/h3-4,7-8,10H,5-6,9,16H2,1-2H3. The maximum Gasteiger partial charge on any atom is 0.0539 e. The van der Waals surface area contributed by atoms with Crippen molar-refractivity contribution in [3.63, 3.8) is 0 Å². The monoisotopic (exact) mass is 278 g/mol. The predicted octanol–water partition coefficient (Wildman–Crippen LogP) is 2.21. The van der Waals surface area contributed by atoms with E-state index in [1.807, 2.05) is 42.3 Å². The van der Waals surface area contributed by atoms with E-state index in [0.717, 1.165) is 18.0 Å². The highest BCUT2D eigenvalue weighted by atomic mass is 35.5. The Morgan fingerprint density at radius 1 is 1.42 bits per heavy atom. The van der Waals surface area contributed by atoms with Gasteiger partial charge in [-0.3, -0.25) is 4.68 Å². The molecule has 19 heavy (non-hydrogen) atoms. The fourth-order valence-electron chi connectivity index (χ4n) is 2.19. The van der Waals surface area contributed by atoms with Crippen molar-refractivity contribution in [3.05, 3.63) is 46.7 Å². The van der Waals surface area contributed by atoms with Gasteiger partial charge in [-0.2, -0.15) is 5.10 Å². The highest BCUT2D eigenvalue weighted by molar-refractivity contribution is 6.30. The first-order valence-electron chi connectivity index (χ1n) is 6.27. The smallest absolute Gasteiger partial charge is 0.0539 e. The summed E-state index contributed by atoms with van der Waals surface area (Å²) < 4.78 is 1.81. The molecule has 2 N–H and O–H groups in total. The van der Waals surface area contributed by atoms with Crippen LogP contribution < -0.4 is 10.6 Å². The van der Waals surface area contributed by atoms with Crippen LogP contribution in [-0.2, 0) is 20.0 Å². The van der Waals surface area contributed by atoms with E-state index in [9.17, 15) is 0 Å². The molecule has 1 aromatic carbocycles. The highest BCUT2D eigenvalue weighted by Gasteiger charge is 2.09. The van der Waals surface area contributed by atoms with Crippen LogP contribution in [0.15, 0.2) is 30.6 Å². The summed E-state index contributed by atoms with van der Waals surface area (Å²) in [5, 5.41) is 4.94. The first kappa shape index (κ1) is 13.9. The molecule has 1 aromatic heterocycles. The lowest BCUT2D eigenvalue weighted by atomic mass is 10.1. The second-order valence-corrected chi connectivity index (χ2v) is 5.13. The molecule has 5 heteroatoms. The molecule has 0 radical (unpaired) electrons. The summed E-state index contributed by atoms with van der Waals surface area (Å²) in [6.45, 7) is 1.43. The Kier molecular flexibility index (Phi) is 4.45. The van der Waals surface area contributed by atoms with Crippen LogP contribution in [0.1, 0.15) is 11.1 Å². The van der Waals surface area contributed by atoms with E-state index in [1.54, 1.807) is 0 Å². The van der Waals surface area contributed by atoms with Gasteiger partial charge in [0.05, 0.1) is 6.20 Å². The zero-order valence-corrected chi connectivity index (χ0v) is 12.1. The molecule has 0 bridgehead atoms. The number of benzene rings is 1. The Morgan fingerprint density at radius 3 is 2.84 bits per heavy atom. The molecule has 0 spiro atoms. The SMILES string of the molecule is CN(Cc1cnn(C)c1)c1ccc(Cl)cc1CCN. The highest BCUT2D eigenvalue weighted by Crippen LogP contribution is 2.25. The van der Waals surface area contributed by atoms with E-state index < -0.39 is 0 Å². The molecule has 0 aliphatic heterocycles. The van der Waals surface area contributed by atoms with Gasteiger partial charge < -0.3 is 10.6 Å². The number of hydrogen-bond acceptors (Lipinski definition) is 3. The zero-order valence-electron chi connectivity index (χ0n) is 11.3. The Morgan fingerprint density at radius 2 is 2.21 bits per heavy atom. The zero-order chi connectivity index (χ0) is 13.8. The molecule has 0 fully saturated rings. The van der Waals surface area contributed by atoms with Gasteiger partial charge >= 0.3 is 0 Å². The van der Waals surface area contributed by atoms with Crippen molar-refractivity contribution in [1.82, 2.24) is 9.78 Å². The lowest BCUT2D eigenvalue weighted by molar-refractivity contribution is 0.766. The van der Waals surface area contributed by atoms with Gasteiger partial charge in [-0.25, -0.2) is 0 Å². The van der Waals surface area contributed by atoms with E-state index >= 15 is 0 Å². The first-order chi connectivity index (χ1) is 9.10. The van der Waals surface area contributed by atoms with Gasteiger partial charge in [-0.1, -0.05) is 11.6 Å². The molecule has 1 heterocycles. The molecule has 0 aliphatic rings. The van der Waals surface area contributed by atoms with E-state index in [1.165, 1.54) is 16.8 Å². The summed E-state index contributed by atoms with van der Waals surface area (Å²) in [6.07, 6.45) is 4.73. The van der Waals surface area contributed by atoms with Crippen LogP contribution in [0, 0.1) is 0 Å². The minimum absolute atomic E-state index is 0.619. The third kappa shape index (κ3) is 3.49. The topological polar surface area (TPSA) is 47.1 Å². The first-order valence-corrected chi connectivity index (χ1v) is 6.65. The molecule has 0 unspecified atom stereocenters. The summed E-state index contributed by atoms with van der Waals surface area (Å²) in [5.74, 6) is 0. The summed E-state index contributed by atoms with van der Waals surface area (Å²) in [7, 11) is 3.99. The number of aromatic nitrogens is 2. The third-order valence-corrected chi connectivity index (χ3v) is 3.28. The van der Waals surface area contributed by atoms with Crippen LogP contribution >= 0.6 is 11.6 Å². The van der Waals surface area contributed by atoms with Gasteiger partial charge in [0, 0.05) is 43.1 Å². The van der Waals surface area contributed by atoms with Crippen molar-refractivity contribution >= 4 is 17.3 Å². The van der Waals surface area contributed by atoms with E-state index in [-0.39, 0.29) is 0 Å². The summed E-state index contributed by atoms with van der Waals surface area (Å²) in [4.78, 5) is 2.19. The van der Waals surface area contributed by atoms with Crippen molar-refractivity contribution in [2.24, 2.45) is 12.8 Å². The molecule has 0 aliphatic carbocycles. The second kappa shape index (κ2) is 6.08. The Bertz CT molecular complexity index is 550. The molecule has 102 valence electrons. The summed E-state index contributed by atoms with van der Waals surface area (Å²) in [5.41, 5.74) is 9.19. The number of halogens is 1. The van der Waals surface area contributed by atoms with Gasteiger partial charge in [0.15, 0.2) is 0 Å². The summed E-state index contributed by atoms with van der Waals surface area (Å²) in [6, 6.07) is 5.95. The summed E-state index contributed by atoms with van der Waals surface area (Å²) >= 11 is 6.05. The van der Waals surface area contributed by atoms with Gasteiger partial charge in [0.25, 0.3) is 0 Å². The van der Waals surface area contributed by atoms with Crippen molar-refractivity contribution in [3.8, 4) is 0 Å². The van der Waals surface area contributed by atoms with Crippen molar-refractivity contribution < 1.29 is 0 Å². The maximum absolute atomic E-state index is 6.05. The minimum atomic E-state index is 0.619. The molecule has 2 aromatic rings. The van der Waals surface area contributed by atoms with Crippen LogP contribution in [0.2, 0.25) is 5.02 Å². The van der Waals surface area contributed by atoms with Crippen LogP contribution in [0.5, 0.6) is 0 Å². The molecule has 0 atom stereocenters. The van der Waals surface area contributed by atoms with E-state index in [0.29, 0.717) is 6.54 Å². The third-order valence-electron chi connectivity index (χ3n) is 3.04. The van der Waals surface area contributed by atoms with Crippen molar-refractivity contribution in [1.29, 1.82) is 0 Å². The largest absolute Gasteiger partial charge is 0.370 e. The van der Waals surface area contributed by atoms with Crippen LogP contribution in [-0.4, -0.2) is 23.4 Å². The second-order valence-electron chi connectivity index (χ2n) is 4.69. The Labute approximate surface area is 118 Å². The quantitative estimate of drug-likeness (QED) is 0.912. The lowest BCUT2D eigenvalue weighted by Crippen LogP contribution is -2.18. The van der Waals surface area contributed by atoms with Gasteiger partial charge in [0.2, 0.25) is 0 Å². The fourth-order valence-corrected chi connectivity index (χ4v) is 2.39. The average Bonchev–Trinajstić information content (AvgIpc) is 2.75.